The molecule has 0 spiro atoms. The first-order valence-corrected chi connectivity index (χ1v) is 6.60. The third-order valence-corrected chi connectivity index (χ3v) is 2.65. The minimum absolute atomic E-state index is 0.520. The molecule has 0 bridgehead atoms. The van der Waals surface area contributed by atoms with Crippen LogP contribution in [0.15, 0.2) is 36.4 Å². The van der Waals surface area contributed by atoms with Gasteiger partial charge in [-0.3, -0.25) is 0 Å². The second-order valence-electron chi connectivity index (χ2n) is 4.17. The Bertz CT molecular complexity index is 514. The summed E-state index contributed by atoms with van der Waals surface area (Å²) in [4.78, 5) is 8.77. The third kappa shape index (κ3) is 3.95. The number of ether oxygens (including phenoxy) is 1. The van der Waals surface area contributed by atoms with Crippen LogP contribution >= 0.6 is 0 Å². The Balaban J connectivity index is 2.08. The Morgan fingerprint density at radius 2 is 1.89 bits per heavy atom. The van der Waals surface area contributed by atoms with Crippen LogP contribution in [0.4, 0.5) is 5.82 Å². The molecule has 1 N–H and O–H groups in total. The van der Waals surface area contributed by atoms with E-state index in [1.165, 1.54) is 0 Å². The van der Waals surface area contributed by atoms with Crippen molar-refractivity contribution in [3.8, 4) is 5.88 Å². The average Bonchev–Trinajstić information content (AvgIpc) is 2.46. The number of anilines is 1. The molecule has 0 unspecified atom stereocenters. The van der Waals surface area contributed by atoms with Crippen LogP contribution in [0.3, 0.4) is 0 Å². The lowest BCUT2D eigenvalue weighted by atomic mass is 10.2. The predicted molar refractivity (Wildman–Crippen MR) is 76.3 cm³/mol. The molecule has 0 aliphatic carbocycles. The maximum absolute atomic E-state index is 5.73. The van der Waals surface area contributed by atoms with Gasteiger partial charge in [0.05, 0.1) is 0 Å². The lowest BCUT2D eigenvalue weighted by molar-refractivity contribution is 0.292. The monoisotopic (exact) mass is 257 g/mol. The largest absolute Gasteiger partial charge is 0.473 e. The number of hydrogen-bond donors (Lipinski definition) is 1. The smallest absolute Gasteiger partial charge is 0.219 e. The molecule has 100 valence electrons. The van der Waals surface area contributed by atoms with Crippen LogP contribution in [0.5, 0.6) is 5.88 Å². The fourth-order valence-electron chi connectivity index (χ4n) is 1.71. The fraction of sp³-hybridized carbons (Fsp3) is 0.333. The van der Waals surface area contributed by atoms with Crippen molar-refractivity contribution in [3.63, 3.8) is 0 Å². The van der Waals surface area contributed by atoms with E-state index < -0.39 is 0 Å². The molecule has 1 heterocycles. The average molecular weight is 257 g/mol. The van der Waals surface area contributed by atoms with E-state index in [1.54, 1.807) is 0 Å². The minimum atomic E-state index is 0.520. The summed E-state index contributed by atoms with van der Waals surface area (Å²) >= 11 is 0. The molecule has 0 saturated heterocycles. The van der Waals surface area contributed by atoms with Gasteiger partial charge in [-0.25, -0.2) is 4.98 Å². The van der Waals surface area contributed by atoms with Crippen molar-refractivity contribution in [2.45, 2.75) is 26.9 Å². The van der Waals surface area contributed by atoms with Crippen LogP contribution in [0.1, 0.15) is 25.2 Å². The summed E-state index contributed by atoms with van der Waals surface area (Å²) in [6, 6.07) is 11.9. The van der Waals surface area contributed by atoms with E-state index in [-0.39, 0.29) is 0 Å². The van der Waals surface area contributed by atoms with Crippen molar-refractivity contribution in [2.75, 3.05) is 11.9 Å². The second kappa shape index (κ2) is 6.73. The summed E-state index contributed by atoms with van der Waals surface area (Å²) in [5.74, 6) is 2.23. The summed E-state index contributed by atoms with van der Waals surface area (Å²) in [6.45, 7) is 5.43. The van der Waals surface area contributed by atoms with Gasteiger partial charge in [-0.2, -0.15) is 4.98 Å². The maximum Gasteiger partial charge on any atom is 0.219 e. The van der Waals surface area contributed by atoms with Crippen molar-refractivity contribution in [1.29, 1.82) is 0 Å². The Morgan fingerprint density at radius 1 is 1.11 bits per heavy atom. The highest BCUT2D eigenvalue weighted by molar-refractivity contribution is 5.38. The summed E-state index contributed by atoms with van der Waals surface area (Å²) in [7, 11) is 0. The Kier molecular flexibility index (Phi) is 4.72. The normalized spacial score (nSPS) is 10.2. The molecule has 0 radical (unpaired) electrons. The van der Waals surface area contributed by atoms with Gasteiger partial charge in [-0.05, 0) is 12.5 Å². The number of aromatic nitrogens is 2. The third-order valence-electron chi connectivity index (χ3n) is 2.65. The molecule has 0 atom stereocenters. The van der Waals surface area contributed by atoms with Crippen LogP contribution < -0.4 is 10.1 Å². The molecule has 0 amide bonds. The van der Waals surface area contributed by atoms with Gasteiger partial charge in [-0.15, -0.1) is 0 Å². The predicted octanol–water partition coefficient (Wildman–Crippen LogP) is 3.05. The molecule has 0 aliphatic rings. The maximum atomic E-state index is 5.73. The molecule has 0 aliphatic heterocycles. The van der Waals surface area contributed by atoms with Crippen LogP contribution in [0, 0.1) is 0 Å². The van der Waals surface area contributed by atoms with Gasteiger partial charge in [0.2, 0.25) is 5.88 Å². The van der Waals surface area contributed by atoms with Gasteiger partial charge >= 0.3 is 0 Å². The number of aryl methyl sites for hydroxylation is 1. The molecule has 4 nitrogen and oxygen atoms in total. The Labute approximate surface area is 113 Å². The molecule has 1 aromatic heterocycles. The van der Waals surface area contributed by atoms with Gasteiger partial charge in [-0.1, -0.05) is 37.3 Å². The highest BCUT2D eigenvalue weighted by atomic mass is 16.5. The van der Waals surface area contributed by atoms with Crippen molar-refractivity contribution in [3.05, 3.63) is 47.8 Å². The highest BCUT2D eigenvalue weighted by Crippen LogP contribution is 2.15. The molecule has 0 fully saturated rings. The zero-order valence-electron chi connectivity index (χ0n) is 11.4. The summed E-state index contributed by atoms with van der Waals surface area (Å²) < 4.78 is 5.73. The molecule has 1 aromatic carbocycles. The van der Waals surface area contributed by atoms with Crippen molar-refractivity contribution in [1.82, 2.24) is 9.97 Å². The first-order valence-electron chi connectivity index (χ1n) is 6.60. The van der Waals surface area contributed by atoms with Gasteiger partial charge in [0.25, 0.3) is 0 Å². The van der Waals surface area contributed by atoms with E-state index in [4.69, 9.17) is 4.74 Å². The zero-order valence-corrected chi connectivity index (χ0v) is 11.4. The van der Waals surface area contributed by atoms with Gasteiger partial charge in [0, 0.05) is 19.0 Å². The minimum Gasteiger partial charge on any atom is -0.473 e. The summed E-state index contributed by atoms with van der Waals surface area (Å²) in [6.07, 6.45) is 0.793. The lowest BCUT2D eigenvalue weighted by Gasteiger charge is -2.09. The first kappa shape index (κ1) is 13.3. The molecule has 19 heavy (non-hydrogen) atoms. The number of nitrogens with one attached hydrogen (secondary N) is 1. The number of benzene rings is 1. The van der Waals surface area contributed by atoms with Gasteiger partial charge < -0.3 is 10.1 Å². The molecular formula is C15H19N3O. The number of rotatable bonds is 6. The first-order chi connectivity index (χ1) is 9.31. The van der Waals surface area contributed by atoms with Crippen LogP contribution in [0.25, 0.3) is 0 Å². The number of hydrogen-bond acceptors (Lipinski definition) is 4. The molecule has 2 aromatic rings. The number of nitrogens with zero attached hydrogens (tertiary/aromatic N) is 2. The van der Waals surface area contributed by atoms with Crippen LogP contribution in [-0.4, -0.2) is 16.5 Å². The van der Waals surface area contributed by atoms with Crippen molar-refractivity contribution in [2.24, 2.45) is 0 Å². The standard InChI is InChI=1S/C15H19N3O/c1-3-13-17-14(16-4-2)10-15(18-13)19-11-12-8-6-5-7-9-12/h5-10H,3-4,11H2,1-2H3,(H,16,17,18). The summed E-state index contributed by atoms with van der Waals surface area (Å²) in [5, 5.41) is 3.19. The van der Waals surface area contributed by atoms with E-state index in [2.05, 4.69) is 15.3 Å². The van der Waals surface area contributed by atoms with Crippen LogP contribution in [0.2, 0.25) is 0 Å². The topological polar surface area (TPSA) is 47.0 Å². The Morgan fingerprint density at radius 3 is 2.58 bits per heavy atom. The van der Waals surface area contributed by atoms with Crippen LogP contribution in [-0.2, 0) is 13.0 Å². The highest BCUT2D eigenvalue weighted by Gasteiger charge is 2.04. The summed E-state index contributed by atoms with van der Waals surface area (Å²) in [5.41, 5.74) is 1.13. The Hall–Kier alpha value is -2.10. The zero-order chi connectivity index (χ0) is 13.5. The van der Waals surface area contributed by atoms with E-state index in [0.29, 0.717) is 12.5 Å². The van der Waals surface area contributed by atoms with Gasteiger partial charge in [0.15, 0.2) is 0 Å². The molecule has 2 rings (SSSR count). The van der Waals surface area contributed by atoms with Crippen molar-refractivity contribution < 1.29 is 4.74 Å². The van der Waals surface area contributed by atoms with E-state index in [0.717, 1.165) is 30.2 Å². The van der Waals surface area contributed by atoms with E-state index in [1.807, 2.05) is 50.2 Å². The lowest BCUT2D eigenvalue weighted by Crippen LogP contribution is -2.05. The van der Waals surface area contributed by atoms with E-state index >= 15 is 0 Å². The fourth-order valence-corrected chi connectivity index (χ4v) is 1.71. The van der Waals surface area contributed by atoms with Gasteiger partial charge in [0.1, 0.15) is 18.2 Å². The van der Waals surface area contributed by atoms with Crippen molar-refractivity contribution >= 4 is 5.82 Å². The van der Waals surface area contributed by atoms with E-state index in [9.17, 15) is 0 Å². The SMILES string of the molecule is CCNc1cc(OCc2ccccc2)nc(CC)n1. The molecular weight excluding hydrogens is 238 g/mol. The quantitative estimate of drug-likeness (QED) is 0.864. The molecule has 4 heteroatoms. The second-order valence-corrected chi connectivity index (χ2v) is 4.17. The molecule has 0 saturated carbocycles.